The lowest BCUT2D eigenvalue weighted by atomic mass is 9.47. The van der Waals surface area contributed by atoms with Crippen LogP contribution in [0.1, 0.15) is 69.3 Å². The first-order valence-electron chi connectivity index (χ1n) is 13.5. The van der Waals surface area contributed by atoms with Gasteiger partial charge in [0.1, 0.15) is 18.3 Å². The van der Waals surface area contributed by atoms with Crippen LogP contribution in [0.5, 0.6) is 0 Å². The molecule has 0 radical (unpaired) electrons. The summed E-state index contributed by atoms with van der Waals surface area (Å²) in [6, 6.07) is 0. The van der Waals surface area contributed by atoms with E-state index in [4.69, 9.17) is 12.2 Å². The van der Waals surface area contributed by atoms with Gasteiger partial charge in [-0.25, -0.2) is 4.79 Å². The van der Waals surface area contributed by atoms with Crippen molar-refractivity contribution in [3.05, 3.63) is 11.6 Å². The van der Waals surface area contributed by atoms with Crippen molar-refractivity contribution < 1.29 is 43.6 Å². The minimum atomic E-state index is -2.19. The highest BCUT2D eigenvalue weighted by atomic mass is 16.7. The molecule has 0 spiro atoms. The van der Waals surface area contributed by atoms with Crippen molar-refractivity contribution in [2.24, 2.45) is 28.6 Å². The van der Waals surface area contributed by atoms with Crippen LogP contribution in [-0.4, -0.2) is 69.0 Å². The molecule has 5 rings (SSSR count). The van der Waals surface area contributed by atoms with E-state index in [9.17, 15) is 31.4 Å². The zero-order valence-corrected chi connectivity index (χ0v) is 19.1. The van der Waals surface area contributed by atoms with Crippen LogP contribution < -0.4 is 0 Å². The van der Waals surface area contributed by atoms with E-state index >= 15 is 0 Å². The second-order valence-electron chi connectivity index (χ2n) is 11.0. The smallest absolute Gasteiger partial charge is 0.335 e. The number of hydrogen-bond acceptors (Lipinski definition) is 7. The third-order valence-electron chi connectivity index (χ3n) is 9.40. The van der Waals surface area contributed by atoms with E-state index in [-0.39, 0.29) is 35.4 Å². The Hall–Kier alpha value is -1.32. The molecule has 1 aliphatic heterocycles. The summed E-state index contributed by atoms with van der Waals surface area (Å²) in [6.45, 7) is 4.04. The van der Waals surface area contributed by atoms with Crippen LogP contribution in [0.3, 0.4) is 0 Å². The average molecular weight is 468 g/mol. The zero-order valence-electron chi connectivity index (χ0n) is 22.1. The maximum absolute atomic E-state index is 12.1. The molecule has 1 heterocycles. The fourth-order valence-electron chi connectivity index (χ4n) is 7.38. The van der Waals surface area contributed by atoms with Gasteiger partial charge in [-0.15, -0.1) is 0 Å². The molecule has 0 amide bonds. The predicted molar refractivity (Wildman–Crippen MR) is 116 cm³/mol. The number of hydrogen-bond donors (Lipinski definition) is 4. The number of rotatable bonds is 3. The van der Waals surface area contributed by atoms with Crippen LogP contribution >= 0.6 is 0 Å². The molecule has 33 heavy (non-hydrogen) atoms. The first-order valence-corrected chi connectivity index (χ1v) is 12.0. The maximum atomic E-state index is 12.1. The Morgan fingerprint density at radius 3 is 2.61 bits per heavy atom. The van der Waals surface area contributed by atoms with Gasteiger partial charge in [0.15, 0.2) is 18.2 Å². The Labute approximate surface area is 198 Å². The van der Waals surface area contributed by atoms with Gasteiger partial charge in [0.2, 0.25) is 0 Å². The largest absolute Gasteiger partial charge is 0.479 e. The molecule has 0 aromatic heterocycles. The summed E-state index contributed by atoms with van der Waals surface area (Å²) >= 11 is 0. The van der Waals surface area contributed by atoms with Gasteiger partial charge in [-0.2, -0.15) is 0 Å². The molecule has 4 aliphatic carbocycles. The molecule has 0 bridgehead atoms. The highest BCUT2D eigenvalue weighted by Gasteiger charge is 2.60. The van der Waals surface area contributed by atoms with E-state index in [2.05, 4.69) is 6.92 Å². The number of carboxylic acid groups (broad SMARTS) is 1. The lowest BCUT2D eigenvalue weighted by molar-refractivity contribution is -0.312. The number of aliphatic hydroxyl groups is 3. The summed E-state index contributed by atoms with van der Waals surface area (Å²) in [6.07, 6.45) is -7.74. The second kappa shape index (κ2) is 8.12. The number of allylic oxidation sites excluding steroid dienone is 1. The van der Waals surface area contributed by atoms with Gasteiger partial charge in [-0.1, -0.05) is 19.4 Å². The molecule has 4 N–H and O–H groups in total. The number of aliphatic hydroxyl groups excluding tert-OH is 3. The molecule has 3 saturated carbocycles. The van der Waals surface area contributed by atoms with Gasteiger partial charge < -0.3 is 29.9 Å². The minimum absolute atomic E-state index is 0.0680. The van der Waals surface area contributed by atoms with Crippen molar-refractivity contribution in [2.45, 2.75) is 102 Å². The molecule has 0 aromatic rings. The van der Waals surface area contributed by atoms with E-state index < -0.39 is 54.5 Å². The van der Waals surface area contributed by atoms with Crippen LogP contribution in [0.2, 0.25) is 0 Å². The Bertz CT molecular complexity index is 988. The van der Waals surface area contributed by atoms with Gasteiger partial charge >= 0.3 is 5.97 Å². The number of carbonyl (C=O) groups is 2. The lowest BCUT2D eigenvalue weighted by Gasteiger charge is -2.58. The number of carbonyl (C=O) groups excluding carboxylic acids is 1. The van der Waals surface area contributed by atoms with E-state index in [1.165, 1.54) is 5.57 Å². The Morgan fingerprint density at radius 2 is 1.88 bits per heavy atom. The fraction of sp³-hybridized carbons (Fsp3) is 0.840. The number of carboxylic acids is 1. The summed E-state index contributed by atoms with van der Waals surface area (Å²) in [5, 5.41) is 40.1. The summed E-state index contributed by atoms with van der Waals surface area (Å²) in [4.78, 5) is 23.6. The molecule has 1 saturated heterocycles. The quantitative estimate of drug-likeness (QED) is 0.494. The van der Waals surface area contributed by atoms with Crippen LogP contribution in [-0.2, 0) is 19.1 Å². The van der Waals surface area contributed by atoms with Crippen molar-refractivity contribution in [1.82, 2.24) is 0 Å². The Morgan fingerprint density at radius 1 is 1.12 bits per heavy atom. The molecular weight excluding hydrogens is 428 g/mol. The van der Waals surface area contributed by atoms with Crippen LogP contribution in [0, 0.1) is 28.6 Å². The number of ether oxygens (including phenoxy) is 2. The topological polar surface area (TPSA) is 134 Å². The van der Waals surface area contributed by atoms with Crippen molar-refractivity contribution in [3.8, 4) is 0 Å². The average Bonchev–Trinajstić information content (AvgIpc) is 2.96. The minimum Gasteiger partial charge on any atom is -0.479 e. The molecule has 0 aromatic carbocycles. The molecule has 184 valence electrons. The summed E-state index contributed by atoms with van der Waals surface area (Å²) < 4.78 is 38.3. The van der Waals surface area contributed by atoms with Crippen LogP contribution in [0.15, 0.2) is 11.6 Å². The van der Waals surface area contributed by atoms with E-state index in [0.29, 0.717) is 12.8 Å². The van der Waals surface area contributed by atoms with Gasteiger partial charge in [-0.05, 0) is 79.6 Å². The van der Waals surface area contributed by atoms with Crippen LogP contribution in [0.4, 0.5) is 0 Å². The molecule has 5 aliphatic rings. The molecule has 11 atom stereocenters. The molecule has 8 heteroatoms. The molecular formula is C25H36O8. The van der Waals surface area contributed by atoms with Crippen LogP contribution in [0.25, 0.3) is 0 Å². The zero-order chi connectivity index (χ0) is 26.4. The number of fused-ring (bicyclic) bond motifs is 5. The second-order valence-corrected chi connectivity index (χ2v) is 11.0. The molecule has 4 fully saturated rings. The van der Waals surface area contributed by atoms with Gasteiger partial charge in [0, 0.05) is 9.16 Å². The summed E-state index contributed by atoms with van der Waals surface area (Å²) in [5.74, 6) is -1.22. The Kier molecular flexibility index (Phi) is 4.91. The first kappa shape index (κ1) is 19.9. The van der Waals surface area contributed by atoms with Crippen molar-refractivity contribution in [2.75, 3.05) is 0 Å². The van der Waals surface area contributed by atoms with Gasteiger partial charge in [-0.3, -0.25) is 4.79 Å². The van der Waals surface area contributed by atoms with Crippen molar-refractivity contribution >= 4 is 11.8 Å². The monoisotopic (exact) mass is 467 g/mol. The first-order chi connectivity index (χ1) is 16.7. The normalized spacial score (nSPS) is 56.9. The maximum Gasteiger partial charge on any atom is 0.335 e. The van der Waals surface area contributed by atoms with Crippen molar-refractivity contribution in [3.63, 3.8) is 0 Å². The van der Waals surface area contributed by atoms with Gasteiger partial charge in [0.25, 0.3) is 0 Å². The molecule has 0 unspecified atom stereocenters. The number of ketones is 1. The van der Waals surface area contributed by atoms with Gasteiger partial charge in [0.05, 0.1) is 7.45 Å². The SMILES string of the molecule is [2H]C1([2H])C[C@H]2[C@@H]3CCC4=CC(=O)CC[C@]4(C)[C@H]3CC[C@]2(C)[C@@]1([2H])O[C@@H]1O[C@H](C(=O)O)[C@@H](O)[C@H](O)[C@H]1O. The number of aliphatic carboxylic acids is 1. The summed E-state index contributed by atoms with van der Waals surface area (Å²) in [5.41, 5.74) is 0.0862. The molecule has 8 nitrogen and oxygen atoms in total. The Balaban J connectivity index is 1.46. The lowest BCUT2D eigenvalue weighted by Crippen LogP contribution is -2.61. The van der Waals surface area contributed by atoms with E-state index in [1.54, 1.807) is 6.08 Å². The summed E-state index contributed by atoms with van der Waals surface area (Å²) in [7, 11) is 0. The van der Waals surface area contributed by atoms with E-state index in [0.717, 1.165) is 25.7 Å². The van der Waals surface area contributed by atoms with Crippen molar-refractivity contribution in [1.29, 1.82) is 0 Å². The predicted octanol–water partition coefficient (Wildman–Crippen LogP) is 1.80. The highest BCUT2D eigenvalue weighted by Crippen LogP contribution is 2.65. The fourth-order valence-corrected chi connectivity index (χ4v) is 7.38. The van der Waals surface area contributed by atoms with E-state index in [1.807, 2.05) is 6.92 Å². The standard InChI is InChI=1S/C25H36O8/c1-24-9-7-13(26)11-12(24)3-4-14-15-5-6-17(25(15,2)10-8-16(14)24)32-23-20(29)18(27)19(28)21(33-23)22(30)31/h11,14-21,23,27-29H,3-10H2,1-2H3,(H,30,31)/t14-,15-,16-,17-,18-,19-,20+,21-,23+,24-,25-/m0/s1/i6D2,17D. The third-order valence-corrected chi connectivity index (χ3v) is 9.40. The third kappa shape index (κ3) is 3.52. The highest BCUT2D eigenvalue weighted by molar-refractivity contribution is 5.91.